The number of methoxy groups -OCH3 is 1. The highest BCUT2D eigenvalue weighted by molar-refractivity contribution is 5.79. The van der Waals surface area contributed by atoms with Crippen LogP contribution in [0.25, 0.3) is 0 Å². The van der Waals surface area contributed by atoms with Crippen molar-refractivity contribution in [2.75, 3.05) is 57.8 Å². The van der Waals surface area contributed by atoms with Gasteiger partial charge in [-0.15, -0.1) is 0 Å². The summed E-state index contributed by atoms with van der Waals surface area (Å²) in [6.45, 7) is 6.53. The van der Waals surface area contributed by atoms with Crippen molar-refractivity contribution in [3.63, 3.8) is 0 Å². The zero-order valence-corrected chi connectivity index (χ0v) is 19.4. The van der Waals surface area contributed by atoms with Gasteiger partial charge in [0, 0.05) is 45.8 Å². The van der Waals surface area contributed by atoms with Gasteiger partial charge in [-0.05, 0) is 37.0 Å². The lowest BCUT2D eigenvalue weighted by molar-refractivity contribution is -0.136. The zero-order chi connectivity index (χ0) is 22.2. The third-order valence-corrected chi connectivity index (χ3v) is 6.87. The monoisotopic (exact) mass is 435 g/mol. The average Bonchev–Trinajstić information content (AvgIpc) is 3.14. The second kappa shape index (κ2) is 11.4. The quantitative estimate of drug-likeness (QED) is 0.657. The van der Waals surface area contributed by atoms with Crippen LogP contribution in [0.2, 0.25) is 0 Å². The minimum Gasteiger partial charge on any atom is -0.495 e. The van der Waals surface area contributed by atoms with Crippen molar-refractivity contribution < 1.29 is 9.53 Å². The number of carbonyl (C=O) groups excluding carboxylic acids is 1. The molecule has 5 heteroatoms. The van der Waals surface area contributed by atoms with Crippen molar-refractivity contribution in [2.24, 2.45) is 5.92 Å². The molecule has 0 radical (unpaired) electrons. The summed E-state index contributed by atoms with van der Waals surface area (Å²) in [6.07, 6.45) is 5.60. The van der Waals surface area contributed by atoms with Gasteiger partial charge in [0.05, 0.1) is 18.7 Å². The summed E-state index contributed by atoms with van der Waals surface area (Å²) in [6, 6.07) is 18.8. The summed E-state index contributed by atoms with van der Waals surface area (Å²) in [5.41, 5.74) is 2.42. The average molecular weight is 436 g/mol. The molecule has 1 unspecified atom stereocenters. The van der Waals surface area contributed by atoms with Crippen molar-refractivity contribution in [3.05, 3.63) is 60.2 Å². The van der Waals surface area contributed by atoms with Crippen LogP contribution in [0.5, 0.6) is 5.75 Å². The Morgan fingerprint density at radius 3 is 2.19 bits per heavy atom. The van der Waals surface area contributed by atoms with Crippen molar-refractivity contribution in [1.82, 2.24) is 9.80 Å². The van der Waals surface area contributed by atoms with E-state index in [1.165, 1.54) is 18.4 Å². The Labute approximate surface area is 193 Å². The normalized spacial score (nSPS) is 18.8. The van der Waals surface area contributed by atoms with E-state index in [4.69, 9.17) is 4.74 Å². The van der Waals surface area contributed by atoms with E-state index in [-0.39, 0.29) is 5.92 Å². The summed E-state index contributed by atoms with van der Waals surface area (Å²) >= 11 is 0. The molecule has 2 aliphatic heterocycles. The highest BCUT2D eigenvalue weighted by atomic mass is 16.5. The third kappa shape index (κ3) is 5.83. The fraction of sp³-hybridized carbons (Fsp3) is 0.519. The van der Waals surface area contributed by atoms with Crippen LogP contribution in [0.15, 0.2) is 54.6 Å². The van der Waals surface area contributed by atoms with Gasteiger partial charge >= 0.3 is 0 Å². The number of hydrogen-bond donors (Lipinski definition) is 0. The first-order chi connectivity index (χ1) is 15.7. The summed E-state index contributed by atoms with van der Waals surface area (Å²) < 4.78 is 5.56. The van der Waals surface area contributed by atoms with E-state index in [0.29, 0.717) is 5.91 Å². The molecule has 172 valence electrons. The van der Waals surface area contributed by atoms with Crippen LogP contribution in [-0.2, 0) is 11.2 Å². The first-order valence-corrected chi connectivity index (χ1v) is 12.2. The van der Waals surface area contributed by atoms with Crippen molar-refractivity contribution in [2.45, 2.75) is 32.1 Å². The molecule has 2 heterocycles. The molecule has 2 saturated heterocycles. The molecule has 1 atom stereocenters. The predicted molar refractivity (Wildman–Crippen MR) is 130 cm³/mol. The number of anilines is 1. The Morgan fingerprint density at radius 1 is 0.844 bits per heavy atom. The van der Waals surface area contributed by atoms with Crippen molar-refractivity contribution in [1.29, 1.82) is 0 Å². The van der Waals surface area contributed by atoms with E-state index >= 15 is 0 Å². The number of nitrogens with zero attached hydrogens (tertiary/aromatic N) is 3. The fourth-order valence-electron chi connectivity index (χ4n) is 5.05. The van der Waals surface area contributed by atoms with Gasteiger partial charge < -0.3 is 14.5 Å². The van der Waals surface area contributed by atoms with Crippen molar-refractivity contribution >= 4 is 11.6 Å². The molecule has 0 bridgehead atoms. The molecule has 2 aromatic rings. The van der Waals surface area contributed by atoms with Gasteiger partial charge in [0.1, 0.15) is 5.75 Å². The van der Waals surface area contributed by atoms with Gasteiger partial charge in [-0.25, -0.2) is 0 Å². The van der Waals surface area contributed by atoms with Gasteiger partial charge in [0.15, 0.2) is 0 Å². The molecule has 4 rings (SSSR count). The van der Waals surface area contributed by atoms with Crippen LogP contribution in [0.3, 0.4) is 0 Å². The number of likely N-dealkylation sites (tertiary alicyclic amines) is 1. The maximum atomic E-state index is 13.6. The molecule has 2 aliphatic rings. The van der Waals surface area contributed by atoms with Crippen LogP contribution in [0, 0.1) is 5.92 Å². The van der Waals surface area contributed by atoms with Gasteiger partial charge in [-0.2, -0.15) is 0 Å². The lowest BCUT2D eigenvalue weighted by atomic mass is 9.96. The number of carbonyl (C=O) groups is 1. The van der Waals surface area contributed by atoms with E-state index in [2.05, 4.69) is 51.1 Å². The largest absolute Gasteiger partial charge is 0.495 e. The molecule has 5 nitrogen and oxygen atoms in total. The number of amides is 1. The molecule has 0 N–H and O–H groups in total. The SMILES string of the molecule is COc1ccccc1N1CCN(CC(Cc2ccccc2)C(=O)N2CCCCCC2)CC1. The summed E-state index contributed by atoms with van der Waals surface area (Å²) in [5.74, 6) is 1.30. The van der Waals surface area contributed by atoms with E-state index in [0.717, 1.165) is 76.5 Å². The van der Waals surface area contributed by atoms with Crippen LogP contribution >= 0.6 is 0 Å². The molecule has 0 saturated carbocycles. The van der Waals surface area contributed by atoms with Gasteiger partial charge in [0.25, 0.3) is 0 Å². The summed E-state index contributed by atoms with van der Waals surface area (Å²) in [5, 5.41) is 0. The van der Waals surface area contributed by atoms with E-state index in [9.17, 15) is 4.79 Å². The number of hydrogen-bond acceptors (Lipinski definition) is 4. The number of rotatable bonds is 7. The second-order valence-corrected chi connectivity index (χ2v) is 9.09. The predicted octanol–water partition coefficient (Wildman–Crippen LogP) is 4.08. The molecule has 2 fully saturated rings. The van der Waals surface area contributed by atoms with Crippen LogP contribution in [0.4, 0.5) is 5.69 Å². The maximum Gasteiger partial charge on any atom is 0.227 e. The lowest BCUT2D eigenvalue weighted by Gasteiger charge is -2.38. The fourth-order valence-corrected chi connectivity index (χ4v) is 5.05. The molecule has 1 amide bonds. The molecule has 0 aromatic heterocycles. The molecular formula is C27H37N3O2. The van der Waals surface area contributed by atoms with Crippen LogP contribution in [-0.4, -0.2) is 68.6 Å². The van der Waals surface area contributed by atoms with Crippen LogP contribution in [0.1, 0.15) is 31.2 Å². The topological polar surface area (TPSA) is 36.0 Å². The highest BCUT2D eigenvalue weighted by Crippen LogP contribution is 2.28. The second-order valence-electron chi connectivity index (χ2n) is 9.09. The number of para-hydroxylation sites is 2. The Balaban J connectivity index is 1.41. The van der Waals surface area contributed by atoms with E-state index in [1.54, 1.807) is 7.11 Å². The van der Waals surface area contributed by atoms with Gasteiger partial charge in [-0.1, -0.05) is 55.3 Å². The number of piperazine rings is 1. The third-order valence-electron chi connectivity index (χ3n) is 6.87. The van der Waals surface area contributed by atoms with Gasteiger partial charge in [-0.3, -0.25) is 9.69 Å². The minimum atomic E-state index is 0.0216. The van der Waals surface area contributed by atoms with E-state index in [1.807, 2.05) is 18.2 Å². The molecule has 0 spiro atoms. The first kappa shape index (κ1) is 22.7. The number of benzene rings is 2. The summed E-state index contributed by atoms with van der Waals surface area (Å²) in [4.78, 5) is 20.6. The molecule has 32 heavy (non-hydrogen) atoms. The first-order valence-electron chi connectivity index (χ1n) is 12.2. The van der Waals surface area contributed by atoms with Crippen LogP contribution < -0.4 is 9.64 Å². The Bertz CT molecular complexity index is 841. The standard InChI is InChI=1S/C27H37N3O2/c1-32-26-14-8-7-13-25(26)29-19-17-28(18-20-29)22-24(21-23-11-5-4-6-12-23)27(31)30-15-9-2-3-10-16-30/h4-8,11-14,24H,2-3,9-10,15-22H2,1H3. The van der Waals surface area contributed by atoms with Crippen molar-refractivity contribution in [3.8, 4) is 5.75 Å². The molecule has 2 aromatic carbocycles. The smallest absolute Gasteiger partial charge is 0.227 e. The van der Waals surface area contributed by atoms with Gasteiger partial charge in [0.2, 0.25) is 5.91 Å². The summed E-state index contributed by atoms with van der Waals surface area (Å²) in [7, 11) is 1.73. The Kier molecular flexibility index (Phi) is 8.05. The maximum absolute atomic E-state index is 13.6. The minimum absolute atomic E-state index is 0.0216. The molecule has 0 aliphatic carbocycles. The Hall–Kier alpha value is -2.53. The molecular weight excluding hydrogens is 398 g/mol. The number of ether oxygens (including phenoxy) is 1. The zero-order valence-electron chi connectivity index (χ0n) is 19.4. The lowest BCUT2D eigenvalue weighted by Crippen LogP contribution is -2.50. The highest BCUT2D eigenvalue weighted by Gasteiger charge is 2.29. The van der Waals surface area contributed by atoms with E-state index < -0.39 is 0 Å². The Morgan fingerprint density at radius 2 is 1.50 bits per heavy atom.